The van der Waals surface area contributed by atoms with E-state index in [1.54, 1.807) is 0 Å². The number of carbonyl (C=O) groups is 1. The molecule has 7 nitrogen and oxygen atoms in total. The number of ketones is 1. The van der Waals surface area contributed by atoms with Crippen molar-refractivity contribution < 1.29 is 15.0 Å². The van der Waals surface area contributed by atoms with Crippen LogP contribution in [0.2, 0.25) is 0 Å². The molecule has 0 spiro atoms. The second-order valence-electron chi connectivity index (χ2n) is 7.42. The molecule has 0 aliphatic carbocycles. The summed E-state index contributed by atoms with van der Waals surface area (Å²) in [5.74, 6) is 0.239. The summed E-state index contributed by atoms with van der Waals surface area (Å²) in [6.07, 6.45) is 3.49. The first-order valence-electron chi connectivity index (χ1n) is 9.98. The van der Waals surface area contributed by atoms with Crippen LogP contribution in [0.3, 0.4) is 0 Å². The third-order valence-electron chi connectivity index (χ3n) is 5.18. The van der Waals surface area contributed by atoms with Crippen molar-refractivity contribution in [3.63, 3.8) is 0 Å². The van der Waals surface area contributed by atoms with E-state index >= 15 is 0 Å². The van der Waals surface area contributed by atoms with E-state index in [1.165, 1.54) is 41.9 Å². The van der Waals surface area contributed by atoms with Crippen LogP contribution in [-0.4, -0.2) is 49.6 Å². The van der Waals surface area contributed by atoms with Gasteiger partial charge in [-0.1, -0.05) is 29.5 Å². The molecule has 30 heavy (non-hydrogen) atoms. The van der Waals surface area contributed by atoms with Gasteiger partial charge in [0.1, 0.15) is 0 Å². The number of carbonyl (C=O) groups excluding carboxylic acids is 1. The highest BCUT2D eigenvalue weighted by molar-refractivity contribution is 7.99. The highest BCUT2D eigenvalue weighted by atomic mass is 32.2. The van der Waals surface area contributed by atoms with E-state index < -0.39 is 0 Å². The summed E-state index contributed by atoms with van der Waals surface area (Å²) in [5, 5.41) is 28.6. The van der Waals surface area contributed by atoms with Gasteiger partial charge < -0.3 is 15.1 Å². The van der Waals surface area contributed by atoms with E-state index in [0.717, 1.165) is 37.6 Å². The molecule has 1 aromatic heterocycles. The van der Waals surface area contributed by atoms with Crippen molar-refractivity contribution in [3.05, 3.63) is 53.6 Å². The van der Waals surface area contributed by atoms with Crippen LogP contribution in [0.5, 0.6) is 11.5 Å². The molecule has 2 N–H and O–H groups in total. The monoisotopic (exact) mass is 424 g/mol. The second-order valence-corrected chi connectivity index (χ2v) is 8.36. The molecule has 0 amide bonds. The molecule has 2 aromatic carbocycles. The number of Topliss-reactive ketones (excluding diaryl/α,β-unsaturated/α-hetero) is 1. The summed E-state index contributed by atoms with van der Waals surface area (Å²) < 4.78 is 2.01. The third-order valence-corrected chi connectivity index (χ3v) is 6.11. The fourth-order valence-corrected chi connectivity index (χ4v) is 4.33. The maximum atomic E-state index is 12.6. The van der Waals surface area contributed by atoms with Gasteiger partial charge in [-0.05, 0) is 56.5 Å². The first-order chi connectivity index (χ1) is 14.5. The number of phenolic OH excluding ortho intramolecular Hbond substituents is 2. The molecular formula is C22H24N4O3S. The number of hydrogen-bond acceptors (Lipinski definition) is 7. The van der Waals surface area contributed by atoms with Crippen molar-refractivity contribution in [2.75, 3.05) is 23.7 Å². The molecule has 0 saturated carbocycles. The van der Waals surface area contributed by atoms with E-state index in [-0.39, 0.29) is 23.0 Å². The molecule has 0 unspecified atom stereocenters. The highest BCUT2D eigenvalue weighted by Gasteiger charge is 2.22. The predicted octanol–water partition coefficient (Wildman–Crippen LogP) is 3.95. The van der Waals surface area contributed by atoms with Gasteiger partial charge in [0.25, 0.3) is 0 Å². The summed E-state index contributed by atoms with van der Waals surface area (Å²) in [4.78, 5) is 14.9. The van der Waals surface area contributed by atoms with Gasteiger partial charge >= 0.3 is 0 Å². The Morgan fingerprint density at radius 2 is 1.73 bits per heavy atom. The largest absolute Gasteiger partial charge is 0.504 e. The standard InChI is InChI=1S/C22H24N4O3S/c1-15-5-8-17(9-6-15)26-21(25-11-3-2-4-12-25)23-24-22(26)30-14-20(29)16-7-10-18(27)19(28)13-16/h5-10,13,27-28H,2-4,11-12,14H2,1H3. The second kappa shape index (κ2) is 8.79. The number of aryl methyl sites for hydroxylation is 1. The molecule has 3 aromatic rings. The van der Waals surface area contributed by atoms with Gasteiger partial charge in [-0.2, -0.15) is 0 Å². The Bertz CT molecular complexity index is 1040. The Balaban J connectivity index is 1.60. The van der Waals surface area contributed by atoms with E-state index in [4.69, 9.17) is 0 Å². The number of rotatable bonds is 6. The van der Waals surface area contributed by atoms with Crippen LogP contribution in [0.25, 0.3) is 5.69 Å². The van der Waals surface area contributed by atoms with Crippen LogP contribution in [0.1, 0.15) is 35.2 Å². The van der Waals surface area contributed by atoms with Crippen LogP contribution in [0.4, 0.5) is 5.95 Å². The average molecular weight is 425 g/mol. The molecule has 2 heterocycles. The SMILES string of the molecule is Cc1ccc(-n2c(SCC(=O)c3ccc(O)c(O)c3)nnc2N2CCCCC2)cc1. The molecule has 1 saturated heterocycles. The zero-order valence-electron chi connectivity index (χ0n) is 16.8. The summed E-state index contributed by atoms with van der Waals surface area (Å²) >= 11 is 1.31. The van der Waals surface area contributed by atoms with Gasteiger partial charge in [0, 0.05) is 18.7 Å². The number of hydrogen-bond donors (Lipinski definition) is 2. The van der Waals surface area contributed by atoms with Crippen molar-refractivity contribution in [1.82, 2.24) is 14.8 Å². The number of benzene rings is 2. The number of phenols is 2. The van der Waals surface area contributed by atoms with Crippen LogP contribution < -0.4 is 4.90 Å². The average Bonchev–Trinajstić information content (AvgIpc) is 3.19. The lowest BCUT2D eigenvalue weighted by atomic mass is 10.1. The van der Waals surface area contributed by atoms with Crippen molar-refractivity contribution >= 4 is 23.5 Å². The minimum Gasteiger partial charge on any atom is -0.504 e. The zero-order chi connectivity index (χ0) is 21.1. The van der Waals surface area contributed by atoms with E-state index in [9.17, 15) is 15.0 Å². The maximum absolute atomic E-state index is 12.6. The quantitative estimate of drug-likeness (QED) is 0.352. The van der Waals surface area contributed by atoms with Crippen molar-refractivity contribution in [1.29, 1.82) is 0 Å². The number of aromatic hydroxyl groups is 2. The lowest BCUT2D eigenvalue weighted by molar-refractivity contribution is 0.102. The van der Waals surface area contributed by atoms with Gasteiger partial charge in [0.15, 0.2) is 22.4 Å². The lowest BCUT2D eigenvalue weighted by Gasteiger charge is -2.27. The van der Waals surface area contributed by atoms with Gasteiger partial charge in [-0.3, -0.25) is 9.36 Å². The van der Waals surface area contributed by atoms with Crippen LogP contribution in [0, 0.1) is 6.92 Å². The maximum Gasteiger partial charge on any atom is 0.232 e. The number of anilines is 1. The summed E-state index contributed by atoms with van der Waals surface area (Å²) in [5.41, 5.74) is 2.47. The van der Waals surface area contributed by atoms with E-state index in [2.05, 4.69) is 15.1 Å². The van der Waals surface area contributed by atoms with Crippen molar-refractivity contribution in [2.24, 2.45) is 0 Å². The Morgan fingerprint density at radius 3 is 2.43 bits per heavy atom. The third kappa shape index (κ3) is 4.28. The molecule has 8 heteroatoms. The topological polar surface area (TPSA) is 91.5 Å². The molecule has 1 aliphatic heterocycles. The Hall–Kier alpha value is -3.00. The number of piperidine rings is 1. The van der Waals surface area contributed by atoms with Crippen LogP contribution in [-0.2, 0) is 0 Å². The van der Waals surface area contributed by atoms with Gasteiger partial charge in [0.2, 0.25) is 5.95 Å². The normalized spacial score (nSPS) is 14.1. The minimum absolute atomic E-state index is 0.147. The Labute approximate surface area is 179 Å². The fraction of sp³-hybridized carbons (Fsp3) is 0.318. The van der Waals surface area contributed by atoms with Gasteiger partial charge in [-0.15, -0.1) is 10.2 Å². The summed E-state index contributed by atoms with van der Waals surface area (Å²) in [6.45, 7) is 3.93. The predicted molar refractivity (Wildman–Crippen MR) is 117 cm³/mol. The number of nitrogens with zero attached hydrogens (tertiary/aromatic N) is 4. The van der Waals surface area contributed by atoms with Crippen LogP contribution >= 0.6 is 11.8 Å². The minimum atomic E-state index is -0.305. The van der Waals surface area contributed by atoms with E-state index in [1.807, 2.05) is 35.8 Å². The fourth-order valence-electron chi connectivity index (χ4n) is 3.48. The zero-order valence-corrected chi connectivity index (χ0v) is 17.6. The van der Waals surface area contributed by atoms with Crippen LogP contribution in [0.15, 0.2) is 47.6 Å². The molecule has 0 atom stereocenters. The molecule has 1 fully saturated rings. The number of thioether (sulfide) groups is 1. The number of aromatic nitrogens is 3. The molecule has 156 valence electrons. The summed E-state index contributed by atoms with van der Waals surface area (Å²) in [6, 6.07) is 12.3. The molecule has 4 rings (SSSR count). The van der Waals surface area contributed by atoms with Gasteiger partial charge in [0.05, 0.1) is 11.4 Å². The van der Waals surface area contributed by atoms with E-state index in [0.29, 0.717) is 10.7 Å². The van der Waals surface area contributed by atoms with Gasteiger partial charge in [-0.25, -0.2) is 0 Å². The highest BCUT2D eigenvalue weighted by Crippen LogP contribution is 2.30. The molecule has 1 aliphatic rings. The molecule has 0 radical (unpaired) electrons. The molecular weight excluding hydrogens is 400 g/mol. The lowest BCUT2D eigenvalue weighted by Crippen LogP contribution is -2.31. The summed E-state index contributed by atoms with van der Waals surface area (Å²) in [7, 11) is 0. The Morgan fingerprint density at radius 1 is 1.00 bits per heavy atom. The van der Waals surface area contributed by atoms with Crippen molar-refractivity contribution in [2.45, 2.75) is 31.3 Å². The Kier molecular flexibility index (Phi) is 5.94. The smallest absolute Gasteiger partial charge is 0.232 e. The first kappa shape index (κ1) is 20.3. The van der Waals surface area contributed by atoms with Crippen molar-refractivity contribution in [3.8, 4) is 17.2 Å². The molecule has 0 bridgehead atoms. The first-order valence-corrected chi connectivity index (χ1v) is 11.0.